The molecule has 2 unspecified atom stereocenters. The zero-order chi connectivity index (χ0) is 12.7. The summed E-state index contributed by atoms with van der Waals surface area (Å²) in [4.78, 5) is 4.12. The first-order chi connectivity index (χ1) is 8.22. The molecular weight excluding hydrogens is 232 g/mol. The molecule has 0 fully saturated rings. The SMILES string of the molecule is CCCC(CC)C(CC#N)c1ccc(Cl)nc1. The molecule has 0 aliphatic rings. The third-order valence-electron chi connectivity index (χ3n) is 3.24. The number of nitriles is 1. The van der Waals surface area contributed by atoms with Crippen molar-refractivity contribution in [2.24, 2.45) is 5.92 Å². The van der Waals surface area contributed by atoms with E-state index in [0.717, 1.165) is 24.8 Å². The summed E-state index contributed by atoms with van der Waals surface area (Å²) in [5, 5.41) is 9.48. The molecule has 1 aromatic rings. The van der Waals surface area contributed by atoms with E-state index in [1.807, 2.05) is 12.3 Å². The molecule has 92 valence electrons. The Kier molecular flexibility index (Phi) is 6.00. The van der Waals surface area contributed by atoms with Crippen molar-refractivity contribution in [3.8, 4) is 6.07 Å². The maximum Gasteiger partial charge on any atom is 0.129 e. The van der Waals surface area contributed by atoms with Gasteiger partial charge in [0.25, 0.3) is 0 Å². The summed E-state index contributed by atoms with van der Waals surface area (Å²) < 4.78 is 0. The van der Waals surface area contributed by atoms with Crippen molar-refractivity contribution < 1.29 is 0 Å². The molecule has 0 aliphatic carbocycles. The molecule has 0 aromatic carbocycles. The van der Waals surface area contributed by atoms with Gasteiger partial charge in [-0.1, -0.05) is 50.8 Å². The van der Waals surface area contributed by atoms with E-state index in [1.54, 1.807) is 6.07 Å². The lowest BCUT2D eigenvalue weighted by molar-refractivity contribution is 0.381. The van der Waals surface area contributed by atoms with E-state index in [2.05, 4.69) is 24.9 Å². The van der Waals surface area contributed by atoms with E-state index < -0.39 is 0 Å². The van der Waals surface area contributed by atoms with Gasteiger partial charge in [-0.05, 0) is 17.5 Å². The molecule has 1 heterocycles. The smallest absolute Gasteiger partial charge is 0.129 e. The van der Waals surface area contributed by atoms with Crippen molar-refractivity contribution in [3.63, 3.8) is 0 Å². The number of hydrogen-bond acceptors (Lipinski definition) is 2. The highest BCUT2D eigenvalue weighted by Gasteiger charge is 2.21. The van der Waals surface area contributed by atoms with Crippen LogP contribution in [0.1, 0.15) is 51.0 Å². The molecule has 0 aliphatic heterocycles. The summed E-state index contributed by atoms with van der Waals surface area (Å²) in [5.41, 5.74) is 1.14. The first kappa shape index (κ1) is 14.0. The summed E-state index contributed by atoms with van der Waals surface area (Å²) >= 11 is 5.79. The van der Waals surface area contributed by atoms with Crippen LogP contribution in [-0.2, 0) is 0 Å². The molecular formula is C14H19ClN2. The van der Waals surface area contributed by atoms with Crippen molar-refractivity contribution in [3.05, 3.63) is 29.0 Å². The predicted molar refractivity (Wildman–Crippen MR) is 70.9 cm³/mol. The molecule has 0 bridgehead atoms. The first-order valence-electron chi connectivity index (χ1n) is 6.21. The van der Waals surface area contributed by atoms with E-state index in [1.165, 1.54) is 0 Å². The highest BCUT2D eigenvalue weighted by Crippen LogP contribution is 2.33. The fourth-order valence-electron chi connectivity index (χ4n) is 2.32. The number of aromatic nitrogens is 1. The van der Waals surface area contributed by atoms with Crippen LogP contribution < -0.4 is 0 Å². The largest absolute Gasteiger partial charge is 0.244 e. The number of nitrogens with zero attached hydrogens (tertiary/aromatic N) is 2. The Morgan fingerprint density at radius 1 is 1.41 bits per heavy atom. The molecule has 0 amide bonds. The normalized spacial score (nSPS) is 14.0. The lowest BCUT2D eigenvalue weighted by Gasteiger charge is -2.24. The standard InChI is InChI=1S/C14H19ClN2/c1-3-5-11(4-2)13(8-9-16)12-6-7-14(15)17-10-12/h6-7,10-11,13H,3-5,8H2,1-2H3. The Bertz CT molecular complexity index is 367. The van der Waals surface area contributed by atoms with Crippen LogP contribution in [0.5, 0.6) is 0 Å². The van der Waals surface area contributed by atoms with E-state index in [-0.39, 0.29) is 5.92 Å². The van der Waals surface area contributed by atoms with Gasteiger partial charge in [-0.15, -0.1) is 0 Å². The quantitative estimate of drug-likeness (QED) is 0.694. The average Bonchev–Trinajstić information content (AvgIpc) is 2.35. The van der Waals surface area contributed by atoms with Gasteiger partial charge >= 0.3 is 0 Å². The van der Waals surface area contributed by atoms with E-state index in [0.29, 0.717) is 17.5 Å². The average molecular weight is 251 g/mol. The highest BCUT2D eigenvalue weighted by atomic mass is 35.5. The van der Waals surface area contributed by atoms with Crippen LogP contribution in [0.3, 0.4) is 0 Å². The second kappa shape index (κ2) is 7.29. The van der Waals surface area contributed by atoms with Gasteiger partial charge in [-0.2, -0.15) is 5.26 Å². The maximum atomic E-state index is 8.97. The van der Waals surface area contributed by atoms with Crippen molar-refractivity contribution in [1.29, 1.82) is 5.26 Å². The minimum Gasteiger partial charge on any atom is -0.244 e. The molecule has 2 atom stereocenters. The van der Waals surface area contributed by atoms with Crippen LogP contribution in [0.4, 0.5) is 0 Å². The molecule has 1 rings (SSSR count). The minimum atomic E-state index is 0.287. The Morgan fingerprint density at radius 2 is 2.18 bits per heavy atom. The second-order valence-corrected chi connectivity index (χ2v) is 4.73. The lowest BCUT2D eigenvalue weighted by Crippen LogP contribution is -2.12. The molecule has 1 aromatic heterocycles. The number of pyridine rings is 1. The molecule has 2 nitrogen and oxygen atoms in total. The van der Waals surface area contributed by atoms with Crippen LogP contribution >= 0.6 is 11.6 Å². The molecule has 0 spiro atoms. The Balaban J connectivity index is 2.91. The third kappa shape index (κ3) is 4.02. The fraction of sp³-hybridized carbons (Fsp3) is 0.571. The third-order valence-corrected chi connectivity index (χ3v) is 3.47. The van der Waals surface area contributed by atoms with Gasteiger partial charge in [0.05, 0.1) is 6.07 Å². The molecule has 0 saturated carbocycles. The van der Waals surface area contributed by atoms with Crippen LogP contribution in [0.25, 0.3) is 0 Å². The molecule has 0 saturated heterocycles. The van der Waals surface area contributed by atoms with Gasteiger partial charge in [-0.3, -0.25) is 0 Å². The van der Waals surface area contributed by atoms with E-state index in [4.69, 9.17) is 16.9 Å². The van der Waals surface area contributed by atoms with Crippen LogP contribution in [0.2, 0.25) is 5.15 Å². The number of halogens is 1. The number of rotatable bonds is 6. The van der Waals surface area contributed by atoms with Gasteiger partial charge in [-0.25, -0.2) is 4.98 Å². The lowest BCUT2D eigenvalue weighted by atomic mass is 9.80. The van der Waals surface area contributed by atoms with E-state index >= 15 is 0 Å². The van der Waals surface area contributed by atoms with Gasteiger partial charge in [0, 0.05) is 18.5 Å². The highest BCUT2D eigenvalue weighted by molar-refractivity contribution is 6.29. The zero-order valence-electron chi connectivity index (χ0n) is 10.5. The van der Waals surface area contributed by atoms with Gasteiger partial charge in [0.1, 0.15) is 5.15 Å². The summed E-state index contributed by atoms with van der Waals surface area (Å²) in [6, 6.07) is 6.09. The van der Waals surface area contributed by atoms with Crippen molar-refractivity contribution >= 4 is 11.6 Å². The minimum absolute atomic E-state index is 0.287. The molecule has 17 heavy (non-hydrogen) atoms. The Hall–Kier alpha value is -1.07. The Labute approximate surface area is 109 Å². The Morgan fingerprint density at radius 3 is 2.65 bits per heavy atom. The molecule has 0 N–H and O–H groups in total. The fourth-order valence-corrected chi connectivity index (χ4v) is 2.43. The molecule has 3 heteroatoms. The van der Waals surface area contributed by atoms with Crippen LogP contribution in [0, 0.1) is 17.2 Å². The zero-order valence-corrected chi connectivity index (χ0v) is 11.2. The predicted octanol–water partition coefficient (Wildman–Crippen LogP) is 4.56. The maximum absolute atomic E-state index is 8.97. The monoisotopic (exact) mass is 250 g/mol. The van der Waals surface area contributed by atoms with Crippen molar-refractivity contribution in [2.45, 2.75) is 45.4 Å². The topological polar surface area (TPSA) is 36.7 Å². The van der Waals surface area contributed by atoms with Crippen LogP contribution in [0.15, 0.2) is 18.3 Å². The summed E-state index contributed by atoms with van der Waals surface area (Å²) in [6.07, 6.45) is 5.78. The molecule has 0 radical (unpaired) electrons. The summed E-state index contributed by atoms with van der Waals surface area (Å²) in [5.74, 6) is 0.845. The summed E-state index contributed by atoms with van der Waals surface area (Å²) in [7, 11) is 0. The van der Waals surface area contributed by atoms with Crippen molar-refractivity contribution in [1.82, 2.24) is 4.98 Å². The van der Waals surface area contributed by atoms with Crippen LogP contribution in [-0.4, -0.2) is 4.98 Å². The second-order valence-electron chi connectivity index (χ2n) is 4.34. The van der Waals surface area contributed by atoms with Gasteiger partial charge in [0.15, 0.2) is 0 Å². The first-order valence-corrected chi connectivity index (χ1v) is 6.59. The number of hydrogen-bond donors (Lipinski definition) is 0. The van der Waals surface area contributed by atoms with Gasteiger partial charge < -0.3 is 0 Å². The summed E-state index contributed by atoms with van der Waals surface area (Å²) in [6.45, 7) is 4.38. The van der Waals surface area contributed by atoms with Crippen molar-refractivity contribution in [2.75, 3.05) is 0 Å². The van der Waals surface area contributed by atoms with Gasteiger partial charge in [0.2, 0.25) is 0 Å². The van der Waals surface area contributed by atoms with E-state index in [9.17, 15) is 0 Å².